The predicted octanol–water partition coefficient (Wildman–Crippen LogP) is 5.47. The lowest BCUT2D eigenvalue weighted by atomic mass is 10.2. The number of thiazole rings is 1. The minimum atomic E-state index is 0.128. The molecule has 3 aromatic rings. The van der Waals surface area contributed by atoms with Crippen LogP contribution in [0.5, 0.6) is 5.75 Å². The molecule has 0 radical (unpaired) electrons. The second-order valence-electron chi connectivity index (χ2n) is 7.65. The molecule has 1 heterocycles. The lowest BCUT2D eigenvalue weighted by Gasteiger charge is -2.22. The van der Waals surface area contributed by atoms with E-state index in [4.69, 9.17) is 9.72 Å². The van der Waals surface area contributed by atoms with Gasteiger partial charge in [0.15, 0.2) is 5.13 Å². The van der Waals surface area contributed by atoms with E-state index in [1.807, 2.05) is 44.1 Å². The van der Waals surface area contributed by atoms with Crippen molar-refractivity contribution in [1.82, 2.24) is 9.88 Å². The Labute approximate surface area is 193 Å². The Morgan fingerprint density at radius 2 is 1.90 bits per heavy atom. The Kier molecular flexibility index (Phi) is 8.75. The number of ether oxygens (including phenoxy) is 1. The molecule has 0 fully saturated rings. The summed E-state index contributed by atoms with van der Waals surface area (Å²) < 4.78 is 6.77. The number of fused-ring (bicyclic) bond motifs is 1. The van der Waals surface area contributed by atoms with Crippen LogP contribution in [0.2, 0.25) is 0 Å². The molecule has 31 heavy (non-hydrogen) atoms. The summed E-state index contributed by atoms with van der Waals surface area (Å²) in [5, 5.41) is 0.750. The highest BCUT2D eigenvalue weighted by Crippen LogP contribution is 2.34. The second kappa shape index (κ2) is 11.5. The molecule has 166 valence electrons. The third-order valence-electron chi connectivity index (χ3n) is 4.80. The van der Waals surface area contributed by atoms with Crippen molar-refractivity contribution in [2.45, 2.75) is 31.6 Å². The van der Waals surface area contributed by atoms with Crippen molar-refractivity contribution >= 4 is 44.4 Å². The minimum Gasteiger partial charge on any atom is -0.492 e. The topological polar surface area (TPSA) is 45.7 Å². The highest BCUT2D eigenvalue weighted by atomic mass is 32.2. The summed E-state index contributed by atoms with van der Waals surface area (Å²) >= 11 is 3.35. The molecule has 3 rings (SSSR count). The van der Waals surface area contributed by atoms with Crippen LogP contribution in [-0.2, 0) is 4.79 Å². The average molecular weight is 458 g/mol. The maximum atomic E-state index is 13.1. The summed E-state index contributed by atoms with van der Waals surface area (Å²) in [6, 6.07) is 14.5. The fourth-order valence-corrected chi connectivity index (χ4v) is 4.99. The number of hydrogen-bond donors (Lipinski definition) is 0. The van der Waals surface area contributed by atoms with Gasteiger partial charge in [0.2, 0.25) is 5.91 Å². The molecule has 0 aliphatic heterocycles. The maximum absolute atomic E-state index is 13.1. The summed E-state index contributed by atoms with van der Waals surface area (Å²) in [5.41, 5.74) is 2.10. The number of para-hydroxylation sites is 1. The largest absolute Gasteiger partial charge is 0.492 e. The molecule has 0 saturated carbocycles. The molecule has 0 spiro atoms. The third kappa shape index (κ3) is 6.69. The first-order valence-electron chi connectivity index (χ1n) is 10.6. The van der Waals surface area contributed by atoms with Crippen molar-refractivity contribution < 1.29 is 9.53 Å². The Bertz CT molecular complexity index is 986. The van der Waals surface area contributed by atoms with E-state index in [0.717, 1.165) is 39.8 Å². The van der Waals surface area contributed by atoms with E-state index in [0.29, 0.717) is 19.6 Å². The number of aromatic nitrogens is 1. The molecule has 0 atom stereocenters. The quantitative estimate of drug-likeness (QED) is 0.282. The second-order valence-corrected chi connectivity index (χ2v) is 9.82. The zero-order valence-electron chi connectivity index (χ0n) is 18.8. The van der Waals surface area contributed by atoms with Gasteiger partial charge in [-0.25, -0.2) is 4.98 Å². The molecule has 0 saturated heterocycles. The van der Waals surface area contributed by atoms with Crippen LogP contribution < -0.4 is 9.64 Å². The summed E-state index contributed by atoms with van der Waals surface area (Å²) in [5.74, 6) is 1.82. The molecule has 1 aromatic heterocycles. The molecule has 0 bridgehead atoms. The van der Waals surface area contributed by atoms with Crippen LogP contribution in [0.4, 0.5) is 5.13 Å². The van der Waals surface area contributed by atoms with Crippen molar-refractivity contribution in [3.8, 4) is 5.75 Å². The van der Waals surface area contributed by atoms with E-state index >= 15 is 0 Å². The predicted molar refractivity (Wildman–Crippen MR) is 133 cm³/mol. The smallest absolute Gasteiger partial charge is 0.228 e. The Morgan fingerprint density at radius 3 is 2.61 bits per heavy atom. The number of rotatable bonds is 11. The van der Waals surface area contributed by atoms with E-state index in [-0.39, 0.29) is 5.91 Å². The molecular formula is C24H31N3O2S2. The fourth-order valence-electron chi connectivity index (χ4n) is 3.11. The van der Waals surface area contributed by atoms with Gasteiger partial charge in [-0.1, -0.05) is 35.1 Å². The van der Waals surface area contributed by atoms with E-state index in [9.17, 15) is 4.79 Å². The van der Waals surface area contributed by atoms with Crippen molar-refractivity contribution in [1.29, 1.82) is 0 Å². The number of benzene rings is 2. The van der Waals surface area contributed by atoms with Crippen LogP contribution in [0, 0.1) is 6.92 Å². The van der Waals surface area contributed by atoms with Crippen LogP contribution >= 0.6 is 23.1 Å². The molecule has 7 heteroatoms. The van der Waals surface area contributed by atoms with E-state index in [1.54, 1.807) is 23.1 Å². The van der Waals surface area contributed by atoms with Crippen LogP contribution in [0.15, 0.2) is 47.4 Å². The van der Waals surface area contributed by atoms with Crippen molar-refractivity contribution in [2.24, 2.45) is 0 Å². The fraction of sp³-hybridized carbons (Fsp3) is 0.417. The number of hydrogen-bond acceptors (Lipinski definition) is 6. The van der Waals surface area contributed by atoms with Crippen molar-refractivity contribution in [2.75, 3.05) is 44.4 Å². The number of anilines is 1. The molecule has 5 nitrogen and oxygen atoms in total. The number of thioether (sulfide) groups is 1. The summed E-state index contributed by atoms with van der Waals surface area (Å²) in [4.78, 5) is 23.1. The zero-order chi connectivity index (χ0) is 22.2. The molecule has 0 N–H and O–H groups in total. The number of carbonyl (C=O) groups is 1. The van der Waals surface area contributed by atoms with E-state index < -0.39 is 0 Å². The summed E-state index contributed by atoms with van der Waals surface area (Å²) in [6.07, 6.45) is 1.35. The lowest BCUT2D eigenvalue weighted by molar-refractivity contribution is -0.118. The molecule has 2 aromatic carbocycles. The monoisotopic (exact) mass is 457 g/mol. The van der Waals surface area contributed by atoms with Crippen LogP contribution in [-0.4, -0.2) is 55.3 Å². The van der Waals surface area contributed by atoms with E-state index in [1.165, 1.54) is 10.5 Å². The van der Waals surface area contributed by atoms with Gasteiger partial charge < -0.3 is 9.64 Å². The van der Waals surface area contributed by atoms with Gasteiger partial charge in [0, 0.05) is 24.4 Å². The van der Waals surface area contributed by atoms with Gasteiger partial charge in [-0.15, -0.1) is 11.8 Å². The highest BCUT2D eigenvalue weighted by Gasteiger charge is 2.20. The van der Waals surface area contributed by atoms with Gasteiger partial charge in [0.25, 0.3) is 0 Å². The maximum Gasteiger partial charge on any atom is 0.228 e. The number of likely N-dealkylation sites (N-methyl/N-ethyl adjacent to an activating group) is 1. The van der Waals surface area contributed by atoms with Gasteiger partial charge in [-0.2, -0.15) is 0 Å². The first-order valence-corrected chi connectivity index (χ1v) is 12.4. The van der Waals surface area contributed by atoms with Gasteiger partial charge in [0.05, 0.1) is 11.3 Å². The normalized spacial score (nSPS) is 11.3. The van der Waals surface area contributed by atoms with Gasteiger partial charge >= 0.3 is 0 Å². The Hall–Kier alpha value is -2.09. The van der Waals surface area contributed by atoms with Gasteiger partial charge in [-0.3, -0.25) is 9.69 Å². The number of aryl methyl sites for hydroxylation is 1. The standard InChI is InChI=1S/C24H31N3O2S2/c1-5-29-20-8-6-9-21-23(20)25-24(31-21)27(16-15-26(3)4)22(28)10-7-17-30-19-13-11-18(2)12-14-19/h6,8-9,11-14H,5,7,10,15-17H2,1-4H3. The zero-order valence-corrected chi connectivity index (χ0v) is 20.4. The SMILES string of the molecule is CCOc1cccc2sc(N(CCN(C)C)C(=O)CCCSc3ccc(C)cc3)nc12. The van der Waals surface area contributed by atoms with Crippen molar-refractivity contribution in [3.63, 3.8) is 0 Å². The number of nitrogens with zero attached hydrogens (tertiary/aromatic N) is 3. The number of carbonyl (C=O) groups excluding carboxylic acids is 1. The first-order chi connectivity index (χ1) is 15.0. The molecular weight excluding hydrogens is 426 g/mol. The average Bonchev–Trinajstić information content (AvgIpc) is 3.17. The Balaban J connectivity index is 1.67. The molecule has 0 aliphatic carbocycles. The van der Waals surface area contributed by atoms with E-state index in [2.05, 4.69) is 36.1 Å². The minimum absolute atomic E-state index is 0.128. The van der Waals surface area contributed by atoms with Crippen LogP contribution in [0.1, 0.15) is 25.3 Å². The molecule has 0 aliphatic rings. The van der Waals surface area contributed by atoms with Crippen LogP contribution in [0.25, 0.3) is 10.2 Å². The van der Waals surface area contributed by atoms with Gasteiger partial charge in [0.1, 0.15) is 11.3 Å². The first kappa shape index (κ1) is 23.6. The highest BCUT2D eigenvalue weighted by molar-refractivity contribution is 7.99. The lowest BCUT2D eigenvalue weighted by Crippen LogP contribution is -2.36. The third-order valence-corrected chi connectivity index (χ3v) is 6.94. The summed E-state index contributed by atoms with van der Waals surface area (Å²) in [7, 11) is 4.04. The summed E-state index contributed by atoms with van der Waals surface area (Å²) in [6.45, 7) is 6.06. The Morgan fingerprint density at radius 1 is 1.13 bits per heavy atom. The molecule has 1 amide bonds. The van der Waals surface area contributed by atoms with Gasteiger partial charge in [-0.05, 0) is 64.4 Å². The van der Waals surface area contributed by atoms with Crippen molar-refractivity contribution in [3.05, 3.63) is 48.0 Å². The van der Waals surface area contributed by atoms with Crippen LogP contribution in [0.3, 0.4) is 0 Å². The molecule has 0 unspecified atom stereocenters. The number of amides is 1.